The summed E-state index contributed by atoms with van der Waals surface area (Å²) in [6.07, 6.45) is -3.37. The van der Waals surface area contributed by atoms with E-state index in [2.05, 4.69) is 25.4 Å². The van der Waals surface area contributed by atoms with Crippen molar-refractivity contribution in [2.24, 2.45) is 17.8 Å². The Bertz CT molecular complexity index is 3480. The van der Waals surface area contributed by atoms with Crippen LogP contribution in [0.25, 0.3) is 0 Å². The van der Waals surface area contributed by atoms with E-state index in [1.54, 1.807) is 129 Å². The first-order chi connectivity index (χ1) is 54.2. The molecule has 2 amide bonds. The largest absolute Gasteiger partial charge is 0.505 e. The number of ketones is 2. The van der Waals surface area contributed by atoms with Crippen molar-refractivity contribution in [3.05, 3.63) is 138 Å². The lowest BCUT2D eigenvalue weighted by atomic mass is 9.82. The van der Waals surface area contributed by atoms with Gasteiger partial charge in [0.2, 0.25) is 23.3 Å². The van der Waals surface area contributed by atoms with Crippen LogP contribution in [0.2, 0.25) is 0 Å². The maximum Gasteiger partial charge on any atom is 0.377 e. The van der Waals surface area contributed by atoms with Crippen molar-refractivity contribution < 1.29 is 154 Å². The monoisotopic (exact) mass is 1630 g/mol. The molecule has 0 aliphatic carbocycles. The molecular formula is C79H119N5O31. The number of esters is 3. The molecule has 5 aliphatic rings. The molecule has 0 aromatic heterocycles. The number of carbonyl (C=O) groups is 7. The predicted octanol–water partition coefficient (Wildman–Crippen LogP) is -0.757. The number of carbonyl (C=O) groups excluding carboxylic acids is 7. The second kappa shape index (κ2) is 49.8. The Hall–Kier alpha value is -8.19. The van der Waals surface area contributed by atoms with Gasteiger partial charge in [0, 0.05) is 75.8 Å². The molecule has 5 aliphatic heterocycles. The molecule has 23 atom stereocenters. The molecule has 21 N–H and O–H groups in total. The maximum absolute atomic E-state index is 14.0. The van der Waals surface area contributed by atoms with E-state index >= 15 is 0 Å². The fourth-order valence-electron chi connectivity index (χ4n) is 12.9. The summed E-state index contributed by atoms with van der Waals surface area (Å²) in [6.45, 7) is 4.47. The highest BCUT2D eigenvalue weighted by molar-refractivity contribution is 5.96. The summed E-state index contributed by atoms with van der Waals surface area (Å²) in [5, 5.41) is 191. The second-order valence-corrected chi connectivity index (χ2v) is 29.5. The van der Waals surface area contributed by atoms with Gasteiger partial charge in [-0.15, -0.1) is 0 Å². The molecule has 0 spiro atoms. The Morgan fingerprint density at radius 2 is 1.14 bits per heavy atom. The topological polar surface area (TPSA) is 582 Å². The van der Waals surface area contributed by atoms with Crippen LogP contribution in [-0.2, 0) is 57.2 Å². The Morgan fingerprint density at radius 3 is 1.64 bits per heavy atom. The van der Waals surface area contributed by atoms with Crippen LogP contribution in [0.4, 0.5) is 5.69 Å². The smallest absolute Gasteiger partial charge is 0.377 e. The van der Waals surface area contributed by atoms with Gasteiger partial charge in [-0.3, -0.25) is 24.0 Å². The number of benzene rings is 1. The van der Waals surface area contributed by atoms with E-state index in [1.807, 2.05) is 38.9 Å². The summed E-state index contributed by atoms with van der Waals surface area (Å²) in [6, 6.07) is 5.68. The van der Waals surface area contributed by atoms with Gasteiger partial charge in [0.1, 0.15) is 36.3 Å². The third-order valence-corrected chi connectivity index (χ3v) is 18.9. The number of aliphatic hydroxyl groups is 18. The molecule has 6 rings (SSSR count). The van der Waals surface area contributed by atoms with Crippen LogP contribution in [0.3, 0.4) is 0 Å². The van der Waals surface area contributed by atoms with Gasteiger partial charge < -0.3 is 146 Å². The molecule has 36 heteroatoms. The SMILES string of the molecule is CNc1ccc(C(=O)CC(O)CCC(C)C2OC(=O)CC(O)CC(=O)CC(O)CC(O)CC(O)CC(O)CC3(O)CC(O)C(C(=O)NCCN(C)C)C(CC(O[C@@H]4O[C@H](C)[C@@H](O)[C@H](NC(=O)CN(C)C)[C@@H]4O)/C=C/C=C/C=C/C=C/C=C/C=C/C=C/C2C)O3)cc1.O=C1O[C@H]([C@@H](O)CO)C(O)=C1O.O=C1O[C@H]([C@@H](O)CO)C(O)=C1O. The molecule has 5 heterocycles. The normalized spacial score (nSPS) is 33.0. The number of hydrogen-bond donors (Lipinski definition) is 21. The number of rotatable bonds is 21. The fraction of sp³-hybridized carbons (Fsp3) is 0.608. The first-order valence-electron chi connectivity index (χ1n) is 37.9. The zero-order valence-corrected chi connectivity index (χ0v) is 65.9. The quantitative estimate of drug-likeness (QED) is 0.0409. The number of Topliss-reactive ketones (excluding diaryl/α,β-unsaturated/α-hetero) is 2. The molecule has 0 saturated carbocycles. The second-order valence-electron chi connectivity index (χ2n) is 29.5. The highest BCUT2D eigenvalue weighted by atomic mass is 16.7. The number of aliphatic hydroxyl groups excluding tert-OH is 17. The van der Waals surface area contributed by atoms with Crippen molar-refractivity contribution in [3.63, 3.8) is 0 Å². The highest BCUT2D eigenvalue weighted by Gasteiger charge is 2.52. The Labute approximate surface area is 667 Å². The summed E-state index contributed by atoms with van der Waals surface area (Å²) < 4.78 is 33.3. The van der Waals surface area contributed by atoms with Gasteiger partial charge >= 0.3 is 17.9 Å². The number of likely N-dealkylation sites (N-methyl/N-ethyl adjacent to an activating group) is 2. The van der Waals surface area contributed by atoms with Crippen LogP contribution in [0.1, 0.15) is 108 Å². The summed E-state index contributed by atoms with van der Waals surface area (Å²) >= 11 is 0. The zero-order chi connectivity index (χ0) is 86.0. The number of cyclic esters (lactones) is 3. The number of fused-ring (bicyclic) bond motifs is 2. The summed E-state index contributed by atoms with van der Waals surface area (Å²) in [5.74, 6) is -12.7. The van der Waals surface area contributed by atoms with Crippen LogP contribution in [0.15, 0.2) is 132 Å². The average molecular weight is 1630 g/mol. The number of ether oxygens (including phenoxy) is 6. The molecule has 115 heavy (non-hydrogen) atoms. The molecule has 1 aromatic carbocycles. The van der Waals surface area contributed by atoms with Gasteiger partial charge in [0.05, 0.1) is 99.2 Å². The minimum absolute atomic E-state index is 0.0513. The minimum Gasteiger partial charge on any atom is -0.505 e. The lowest BCUT2D eigenvalue weighted by Gasteiger charge is -2.46. The van der Waals surface area contributed by atoms with Gasteiger partial charge in [0.25, 0.3) is 0 Å². The highest BCUT2D eigenvalue weighted by Crippen LogP contribution is 2.39. The van der Waals surface area contributed by atoms with E-state index in [-0.39, 0.29) is 50.0 Å². The number of allylic oxidation sites excluding steroid dienone is 12. The molecule has 2 saturated heterocycles. The molecule has 1 aromatic rings. The van der Waals surface area contributed by atoms with E-state index < -0.39 is 251 Å². The lowest BCUT2D eigenvalue weighted by Crippen LogP contribution is -2.64. The molecule has 646 valence electrons. The summed E-state index contributed by atoms with van der Waals surface area (Å²) in [5.41, 5.74) is 1.30. The fourth-order valence-corrected chi connectivity index (χ4v) is 12.9. The van der Waals surface area contributed by atoms with Crippen LogP contribution >= 0.6 is 0 Å². The van der Waals surface area contributed by atoms with E-state index in [4.69, 9.17) is 59.8 Å². The molecule has 36 nitrogen and oxygen atoms in total. The van der Waals surface area contributed by atoms with Crippen molar-refractivity contribution in [2.75, 3.05) is 73.4 Å². The van der Waals surface area contributed by atoms with Crippen molar-refractivity contribution in [3.8, 4) is 0 Å². The number of anilines is 1. The lowest BCUT2D eigenvalue weighted by molar-refractivity contribution is -0.307. The van der Waals surface area contributed by atoms with Crippen LogP contribution < -0.4 is 16.0 Å². The Balaban J connectivity index is 0.000000979. The molecule has 0 radical (unpaired) electrons. The van der Waals surface area contributed by atoms with Crippen LogP contribution in [0.5, 0.6) is 0 Å². The number of amides is 2. The average Bonchev–Trinajstić information content (AvgIpc) is 1.77. The van der Waals surface area contributed by atoms with Crippen LogP contribution in [0, 0.1) is 17.8 Å². The molecule has 2 bridgehead atoms. The van der Waals surface area contributed by atoms with Crippen molar-refractivity contribution in [1.82, 2.24) is 20.4 Å². The molecule has 2 fully saturated rings. The first-order valence-corrected chi connectivity index (χ1v) is 37.9. The minimum atomic E-state index is -2.32. The van der Waals surface area contributed by atoms with Crippen molar-refractivity contribution >= 4 is 47.0 Å². The van der Waals surface area contributed by atoms with Gasteiger partial charge in [-0.2, -0.15) is 0 Å². The maximum atomic E-state index is 14.0. The third-order valence-electron chi connectivity index (χ3n) is 18.9. The van der Waals surface area contributed by atoms with Gasteiger partial charge in [-0.25, -0.2) is 9.59 Å². The molecule has 14 unspecified atom stereocenters. The van der Waals surface area contributed by atoms with E-state index in [9.17, 15) is 84.6 Å². The number of hydrogen-bond acceptors (Lipinski definition) is 34. The first kappa shape index (κ1) is 99.2. The summed E-state index contributed by atoms with van der Waals surface area (Å²) in [4.78, 5) is 90.9. The van der Waals surface area contributed by atoms with Gasteiger partial charge in [-0.1, -0.05) is 98.9 Å². The number of nitrogens with one attached hydrogen (secondary N) is 3. The standard InChI is InChI=1S/C67H103N5O19.2C6H8O6/c1-42-21-19-17-15-13-11-9-10-12-14-16-18-20-22-54(89-66-63(85)61(62(84)44(3)88-66)70-58(82)41-72(7)8)38-57-60(65(86)69-29-30-71(5)6)56(81)40-67(87,91-57)39-53(79)35-51(77)33-49(75)31-48(74)32-50(76)34-52(78)37-59(83)90-64(42)43(2)23-28-47(73)36-55(80)45-24-26-46(68-4)27-25-45;2*7-1-2(8)5-3(9)4(10)6(11)12-5/h9-22,24-27,42-44,47-49,51-54,56-57,60-64,66,68,73-75,77-79,81,84-85,87H,23,28-41H2,1-8H3,(H,69,86)(H,70,82);2*2,5,7-10H,1H2/b10-9+,13-11+,14-12+,17-15+,18-16+,21-19+,22-20+;;/t42?,43?,44-,47?,48?,49?,51?,52?,53?,54?,56?,57?,60?,61+,62-,63+,64?,66+,67?;2*2-,5+/m100/s1. The predicted molar refractivity (Wildman–Crippen MR) is 412 cm³/mol. The molecular weight excluding hydrogens is 1510 g/mol. The Kier molecular flexibility index (Phi) is 42.9. The van der Waals surface area contributed by atoms with Crippen LogP contribution in [-0.4, -0.2) is 333 Å². The number of nitrogens with zero attached hydrogens (tertiary/aromatic N) is 2. The van der Waals surface area contributed by atoms with E-state index in [0.717, 1.165) is 5.69 Å². The van der Waals surface area contributed by atoms with Gasteiger partial charge in [0.15, 0.2) is 41.6 Å². The van der Waals surface area contributed by atoms with Gasteiger partial charge in [-0.05, 0) is 97.4 Å². The van der Waals surface area contributed by atoms with E-state index in [0.29, 0.717) is 18.5 Å². The van der Waals surface area contributed by atoms with E-state index in [1.165, 1.54) is 6.92 Å². The Morgan fingerprint density at radius 1 is 0.626 bits per heavy atom. The zero-order valence-electron chi connectivity index (χ0n) is 65.9. The summed E-state index contributed by atoms with van der Waals surface area (Å²) in [7, 11) is 8.75. The van der Waals surface area contributed by atoms with Crippen molar-refractivity contribution in [1.29, 1.82) is 0 Å². The third kappa shape index (κ3) is 34.1. The van der Waals surface area contributed by atoms with Crippen molar-refractivity contribution in [2.45, 2.75) is 220 Å².